The molecule has 40 heavy (non-hydrogen) atoms. The Labute approximate surface area is 226 Å². The minimum absolute atomic E-state index is 0.183. The van der Waals surface area contributed by atoms with Crippen molar-refractivity contribution < 1.29 is 19.4 Å². The number of non-ortho nitro benzene ring substituents is 1. The predicted octanol–water partition coefficient (Wildman–Crippen LogP) is 6.27. The first-order valence-corrected chi connectivity index (χ1v) is 11.9. The zero-order valence-electron chi connectivity index (χ0n) is 20.6. The lowest BCUT2D eigenvalue weighted by molar-refractivity contribution is -0.394. The minimum Gasteiger partial charge on any atom is -0.449 e. The molecule has 0 aliphatic carbocycles. The van der Waals surface area contributed by atoms with Gasteiger partial charge in [0.1, 0.15) is 5.75 Å². The van der Waals surface area contributed by atoms with Crippen LogP contribution in [0.15, 0.2) is 108 Å². The molecule has 11 heteroatoms. The monoisotopic (exact) mass is 533 g/mol. The highest BCUT2D eigenvalue weighted by Crippen LogP contribution is 2.35. The van der Waals surface area contributed by atoms with E-state index in [1.165, 1.54) is 6.21 Å². The number of aromatic nitrogens is 1. The molecule has 0 unspecified atom stereocenters. The fourth-order valence-electron chi connectivity index (χ4n) is 3.99. The second-order valence-electron chi connectivity index (χ2n) is 8.44. The predicted molar refractivity (Wildman–Crippen MR) is 149 cm³/mol. The highest BCUT2D eigenvalue weighted by Gasteiger charge is 2.22. The van der Waals surface area contributed by atoms with Crippen molar-refractivity contribution in [1.29, 1.82) is 0 Å². The zero-order valence-corrected chi connectivity index (χ0v) is 20.6. The van der Waals surface area contributed by atoms with Gasteiger partial charge in [0, 0.05) is 22.6 Å². The molecule has 0 fully saturated rings. The molecule has 0 atom stereocenters. The first kappa shape index (κ1) is 25.7. The Kier molecular flexibility index (Phi) is 7.18. The van der Waals surface area contributed by atoms with Crippen molar-refractivity contribution in [1.82, 2.24) is 10.4 Å². The molecule has 5 aromatic rings. The molecule has 196 valence electrons. The number of rotatable bonds is 8. The maximum absolute atomic E-state index is 13.2. The van der Waals surface area contributed by atoms with Crippen LogP contribution in [-0.4, -0.2) is 27.0 Å². The van der Waals surface area contributed by atoms with Crippen LogP contribution in [-0.2, 0) is 0 Å². The van der Waals surface area contributed by atoms with Crippen LogP contribution in [0, 0.1) is 20.2 Å². The van der Waals surface area contributed by atoms with Crippen molar-refractivity contribution in [3.05, 3.63) is 134 Å². The molecule has 0 aliphatic heterocycles. The van der Waals surface area contributed by atoms with E-state index in [0.29, 0.717) is 27.7 Å². The molecule has 11 nitrogen and oxygen atoms in total. The van der Waals surface area contributed by atoms with Crippen LogP contribution in [0.2, 0.25) is 0 Å². The van der Waals surface area contributed by atoms with Gasteiger partial charge >= 0.3 is 5.69 Å². The largest absolute Gasteiger partial charge is 0.449 e. The van der Waals surface area contributed by atoms with Crippen LogP contribution >= 0.6 is 0 Å². The Balaban J connectivity index is 1.41. The van der Waals surface area contributed by atoms with E-state index in [-0.39, 0.29) is 11.5 Å². The van der Waals surface area contributed by atoms with Crippen LogP contribution in [0.4, 0.5) is 11.4 Å². The number of carbonyl (C=O) groups is 1. The molecule has 1 aromatic heterocycles. The molecule has 1 amide bonds. The number of pyridine rings is 1. The molecular formula is C29H19N5O6. The van der Waals surface area contributed by atoms with Gasteiger partial charge < -0.3 is 4.74 Å². The summed E-state index contributed by atoms with van der Waals surface area (Å²) in [5.41, 5.74) is 4.46. The average molecular weight is 534 g/mol. The number of amides is 1. The van der Waals surface area contributed by atoms with Crippen LogP contribution in [0.3, 0.4) is 0 Å². The summed E-state index contributed by atoms with van der Waals surface area (Å²) in [5, 5.41) is 27.2. The molecule has 1 heterocycles. The second-order valence-corrected chi connectivity index (χ2v) is 8.44. The van der Waals surface area contributed by atoms with Gasteiger partial charge in [0.25, 0.3) is 11.6 Å². The average Bonchev–Trinajstić information content (AvgIpc) is 2.97. The third-order valence-corrected chi connectivity index (χ3v) is 5.89. The maximum atomic E-state index is 13.2. The molecule has 5 rings (SSSR count). The van der Waals surface area contributed by atoms with Gasteiger partial charge in [-0.3, -0.25) is 25.0 Å². The molecule has 0 saturated carbocycles. The summed E-state index contributed by atoms with van der Waals surface area (Å²) in [6.07, 6.45) is 1.34. The first-order chi connectivity index (χ1) is 19.4. The number of hydrazone groups is 1. The van der Waals surface area contributed by atoms with E-state index < -0.39 is 27.1 Å². The Hall–Kier alpha value is -5.97. The number of nitro groups is 2. The number of carbonyl (C=O) groups excluding carboxylic acids is 1. The van der Waals surface area contributed by atoms with Crippen LogP contribution < -0.4 is 10.2 Å². The quantitative estimate of drug-likeness (QED) is 0.140. The van der Waals surface area contributed by atoms with Crippen molar-refractivity contribution in [2.45, 2.75) is 0 Å². The molecular weight excluding hydrogens is 514 g/mol. The number of nitro benzene ring substituents is 2. The van der Waals surface area contributed by atoms with Crippen molar-refractivity contribution in [2.24, 2.45) is 5.10 Å². The van der Waals surface area contributed by atoms with Gasteiger partial charge in [0.2, 0.25) is 5.75 Å². The Morgan fingerprint density at radius 1 is 0.825 bits per heavy atom. The van der Waals surface area contributed by atoms with Crippen LogP contribution in [0.1, 0.15) is 15.9 Å². The van der Waals surface area contributed by atoms with E-state index >= 15 is 0 Å². The second kappa shape index (κ2) is 11.2. The van der Waals surface area contributed by atoms with Gasteiger partial charge in [-0.05, 0) is 30.3 Å². The molecule has 4 aromatic carbocycles. The van der Waals surface area contributed by atoms with Gasteiger partial charge in [-0.2, -0.15) is 5.10 Å². The van der Waals surface area contributed by atoms with Crippen LogP contribution in [0.25, 0.3) is 22.2 Å². The Morgan fingerprint density at radius 3 is 2.33 bits per heavy atom. The first-order valence-electron chi connectivity index (χ1n) is 11.9. The third kappa shape index (κ3) is 5.48. The van der Waals surface area contributed by atoms with E-state index in [0.717, 1.165) is 23.8 Å². The third-order valence-electron chi connectivity index (χ3n) is 5.89. The highest BCUT2D eigenvalue weighted by molar-refractivity contribution is 6.07. The number of para-hydroxylation sites is 2. The minimum atomic E-state index is -0.762. The summed E-state index contributed by atoms with van der Waals surface area (Å²) in [7, 11) is 0. The topological polar surface area (TPSA) is 150 Å². The molecule has 0 saturated heterocycles. The normalized spacial score (nSPS) is 10.9. The summed E-state index contributed by atoms with van der Waals surface area (Å²) in [6.45, 7) is 0. The van der Waals surface area contributed by atoms with Crippen molar-refractivity contribution in [2.75, 3.05) is 0 Å². The lowest BCUT2D eigenvalue weighted by Gasteiger charge is -2.10. The molecule has 1 N–H and O–H groups in total. The lowest BCUT2D eigenvalue weighted by atomic mass is 10.0. The van der Waals surface area contributed by atoms with E-state index in [9.17, 15) is 25.0 Å². The van der Waals surface area contributed by atoms with E-state index in [2.05, 4.69) is 15.5 Å². The van der Waals surface area contributed by atoms with E-state index in [1.807, 2.05) is 48.5 Å². The van der Waals surface area contributed by atoms with E-state index in [1.54, 1.807) is 36.4 Å². The zero-order chi connectivity index (χ0) is 28.1. The summed E-state index contributed by atoms with van der Waals surface area (Å²) < 4.78 is 5.72. The van der Waals surface area contributed by atoms with Gasteiger partial charge in [-0.1, -0.05) is 60.7 Å². The summed E-state index contributed by atoms with van der Waals surface area (Å²) >= 11 is 0. The number of hydrogen-bond donors (Lipinski definition) is 1. The summed E-state index contributed by atoms with van der Waals surface area (Å²) in [4.78, 5) is 38.9. The number of nitrogens with zero attached hydrogens (tertiary/aromatic N) is 4. The number of benzene rings is 4. The Bertz CT molecular complexity index is 1790. The molecule has 0 spiro atoms. The number of nitrogens with one attached hydrogen (secondary N) is 1. The fraction of sp³-hybridized carbons (Fsp3) is 0. The highest BCUT2D eigenvalue weighted by atomic mass is 16.6. The van der Waals surface area contributed by atoms with Gasteiger partial charge in [0.15, 0.2) is 0 Å². The SMILES string of the molecule is O=C(N/N=C/c1ccccc1Oc1ccc([N+](=O)[O-])cc1[N+](=O)[O-])c1cc(-c2ccccc2)nc2ccccc12. The lowest BCUT2D eigenvalue weighted by Crippen LogP contribution is -2.18. The standard InChI is InChI=1S/C29H19N5O6/c35-29(23-17-25(19-8-2-1-3-9-19)31-24-12-6-5-11-22(23)24)32-30-18-20-10-4-7-13-27(20)40-28-15-14-21(33(36)37)16-26(28)34(38)39/h1-18H,(H,32,35)/b30-18+. The molecule has 0 bridgehead atoms. The molecule has 0 aliphatic rings. The number of ether oxygens (including phenoxy) is 1. The van der Waals surface area contributed by atoms with Gasteiger partial charge in [-0.25, -0.2) is 10.4 Å². The summed E-state index contributed by atoms with van der Waals surface area (Å²) in [6, 6.07) is 28.1. The van der Waals surface area contributed by atoms with Crippen molar-refractivity contribution in [3.8, 4) is 22.8 Å². The van der Waals surface area contributed by atoms with E-state index in [4.69, 9.17) is 4.74 Å². The maximum Gasteiger partial charge on any atom is 0.318 e. The smallest absolute Gasteiger partial charge is 0.318 e. The molecule has 0 radical (unpaired) electrons. The van der Waals surface area contributed by atoms with Crippen molar-refractivity contribution >= 4 is 34.4 Å². The number of hydrogen-bond acceptors (Lipinski definition) is 8. The summed E-state index contributed by atoms with van der Waals surface area (Å²) in [5.74, 6) is -0.452. The van der Waals surface area contributed by atoms with Crippen molar-refractivity contribution in [3.63, 3.8) is 0 Å². The fourth-order valence-corrected chi connectivity index (χ4v) is 3.99. The van der Waals surface area contributed by atoms with Crippen LogP contribution in [0.5, 0.6) is 11.5 Å². The number of fused-ring (bicyclic) bond motifs is 1. The Morgan fingerprint density at radius 2 is 1.55 bits per heavy atom. The van der Waals surface area contributed by atoms with Gasteiger partial charge in [0.05, 0.1) is 38.9 Å². The van der Waals surface area contributed by atoms with Gasteiger partial charge in [-0.15, -0.1) is 0 Å².